The molecule has 1 aromatic heterocycles. The molecule has 1 N–H and O–H groups in total. The van der Waals surface area contributed by atoms with Crippen LogP contribution in [-0.4, -0.2) is 18.1 Å². The van der Waals surface area contributed by atoms with Crippen molar-refractivity contribution >= 4 is 0 Å². The first-order chi connectivity index (χ1) is 9.79. The molecular weight excluding hydrogens is 248 g/mol. The van der Waals surface area contributed by atoms with E-state index in [9.17, 15) is 0 Å². The number of hydrogen-bond donors (Lipinski definition) is 1. The van der Waals surface area contributed by atoms with E-state index in [0.717, 1.165) is 24.6 Å². The fraction of sp³-hybridized carbons (Fsp3) is 0.353. The zero-order valence-corrected chi connectivity index (χ0v) is 12.0. The van der Waals surface area contributed by atoms with Crippen LogP contribution >= 0.6 is 0 Å². The number of para-hydroxylation sites is 1. The molecule has 3 rings (SSSR count). The number of likely N-dealkylation sites (N-methyl/N-ethyl adjacent to an activating group) is 1. The van der Waals surface area contributed by atoms with Crippen molar-refractivity contribution in [2.45, 2.75) is 25.8 Å². The SMILES string of the molecule is CCNC(c1ccc(C)nc1)C1COc2ccccc21. The first-order valence-electron chi connectivity index (χ1n) is 7.17. The Labute approximate surface area is 120 Å². The van der Waals surface area contributed by atoms with Crippen LogP contribution in [0.3, 0.4) is 0 Å². The molecule has 0 amide bonds. The number of nitrogens with one attached hydrogen (secondary N) is 1. The van der Waals surface area contributed by atoms with E-state index in [0.29, 0.717) is 5.92 Å². The Morgan fingerprint density at radius 3 is 2.90 bits per heavy atom. The molecule has 3 nitrogen and oxygen atoms in total. The van der Waals surface area contributed by atoms with Gasteiger partial charge in [0, 0.05) is 29.4 Å². The lowest BCUT2D eigenvalue weighted by Gasteiger charge is -2.24. The first-order valence-corrected chi connectivity index (χ1v) is 7.17. The number of ether oxygens (including phenoxy) is 1. The molecule has 3 heteroatoms. The maximum absolute atomic E-state index is 5.82. The van der Waals surface area contributed by atoms with Gasteiger partial charge in [-0.15, -0.1) is 0 Å². The van der Waals surface area contributed by atoms with Gasteiger partial charge in [-0.25, -0.2) is 0 Å². The molecule has 1 aliphatic heterocycles. The second kappa shape index (κ2) is 5.63. The summed E-state index contributed by atoms with van der Waals surface area (Å²) in [6, 6.07) is 12.8. The van der Waals surface area contributed by atoms with Gasteiger partial charge in [0.1, 0.15) is 5.75 Å². The smallest absolute Gasteiger partial charge is 0.122 e. The quantitative estimate of drug-likeness (QED) is 0.924. The maximum Gasteiger partial charge on any atom is 0.122 e. The molecule has 104 valence electrons. The highest BCUT2D eigenvalue weighted by Crippen LogP contribution is 2.40. The molecule has 0 saturated carbocycles. The zero-order chi connectivity index (χ0) is 13.9. The molecule has 0 spiro atoms. The van der Waals surface area contributed by atoms with E-state index in [1.54, 1.807) is 0 Å². The molecule has 1 aliphatic rings. The highest BCUT2D eigenvalue weighted by molar-refractivity contribution is 5.42. The second-order valence-electron chi connectivity index (χ2n) is 5.22. The summed E-state index contributed by atoms with van der Waals surface area (Å²) >= 11 is 0. The van der Waals surface area contributed by atoms with E-state index < -0.39 is 0 Å². The average molecular weight is 268 g/mol. The number of hydrogen-bond acceptors (Lipinski definition) is 3. The van der Waals surface area contributed by atoms with Crippen LogP contribution in [-0.2, 0) is 0 Å². The Morgan fingerprint density at radius 1 is 1.30 bits per heavy atom. The summed E-state index contributed by atoms with van der Waals surface area (Å²) in [6.45, 7) is 5.80. The lowest BCUT2D eigenvalue weighted by molar-refractivity contribution is 0.300. The molecule has 0 bridgehead atoms. The highest BCUT2D eigenvalue weighted by Gasteiger charge is 2.31. The van der Waals surface area contributed by atoms with Crippen molar-refractivity contribution in [1.29, 1.82) is 0 Å². The standard InChI is InChI=1S/C17H20N2O/c1-3-18-17(13-9-8-12(2)19-10-13)15-11-20-16-7-5-4-6-14(15)16/h4-10,15,17-18H,3,11H2,1-2H3. The normalized spacial score (nSPS) is 18.4. The third-order valence-corrected chi connectivity index (χ3v) is 3.86. The van der Waals surface area contributed by atoms with Crippen molar-refractivity contribution in [2.75, 3.05) is 13.2 Å². The Bertz CT molecular complexity index is 580. The minimum Gasteiger partial charge on any atom is -0.493 e. The van der Waals surface area contributed by atoms with Crippen LogP contribution in [0.15, 0.2) is 42.6 Å². The van der Waals surface area contributed by atoms with Gasteiger partial charge in [0.2, 0.25) is 0 Å². The van der Waals surface area contributed by atoms with E-state index in [1.165, 1.54) is 11.1 Å². The maximum atomic E-state index is 5.82. The Hall–Kier alpha value is -1.87. The van der Waals surface area contributed by atoms with Gasteiger partial charge in [0.05, 0.1) is 6.61 Å². The minimum absolute atomic E-state index is 0.247. The summed E-state index contributed by atoms with van der Waals surface area (Å²) in [6.07, 6.45) is 1.98. The molecule has 0 saturated heterocycles. The summed E-state index contributed by atoms with van der Waals surface area (Å²) in [5.74, 6) is 1.36. The first kappa shape index (κ1) is 13.1. The van der Waals surface area contributed by atoms with Gasteiger partial charge < -0.3 is 10.1 Å². The predicted molar refractivity (Wildman–Crippen MR) is 80.1 cm³/mol. The van der Waals surface area contributed by atoms with Gasteiger partial charge in [-0.1, -0.05) is 31.2 Å². The van der Waals surface area contributed by atoms with Crippen LogP contribution in [0.4, 0.5) is 0 Å². The van der Waals surface area contributed by atoms with E-state index >= 15 is 0 Å². The molecule has 0 aliphatic carbocycles. The van der Waals surface area contributed by atoms with Crippen molar-refractivity contribution in [1.82, 2.24) is 10.3 Å². The van der Waals surface area contributed by atoms with Crippen LogP contribution in [0.5, 0.6) is 5.75 Å². The monoisotopic (exact) mass is 268 g/mol. The van der Waals surface area contributed by atoms with Crippen LogP contribution in [0, 0.1) is 6.92 Å². The fourth-order valence-corrected chi connectivity index (χ4v) is 2.84. The van der Waals surface area contributed by atoms with Crippen molar-refractivity contribution < 1.29 is 4.74 Å². The van der Waals surface area contributed by atoms with Crippen LogP contribution in [0.25, 0.3) is 0 Å². The van der Waals surface area contributed by atoms with E-state index in [1.807, 2.05) is 25.3 Å². The van der Waals surface area contributed by atoms with Crippen molar-refractivity contribution in [3.63, 3.8) is 0 Å². The van der Waals surface area contributed by atoms with Crippen molar-refractivity contribution in [3.05, 3.63) is 59.4 Å². The van der Waals surface area contributed by atoms with Gasteiger partial charge in [-0.05, 0) is 31.2 Å². The minimum atomic E-state index is 0.247. The number of aryl methyl sites for hydroxylation is 1. The summed E-state index contributed by atoms with van der Waals surface area (Å²) in [4.78, 5) is 4.43. The molecule has 20 heavy (non-hydrogen) atoms. The number of pyridine rings is 1. The lowest BCUT2D eigenvalue weighted by Crippen LogP contribution is -2.28. The molecule has 1 aromatic carbocycles. The lowest BCUT2D eigenvalue weighted by atomic mass is 9.89. The van der Waals surface area contributed by atoms with Gasteiger partial charge in [0.15, 0.2) is 0 Å². The number of fused-ring (bicyclic) bond motifs is 1. The van der Waals surface area contributed by atoms with Gasteiger partial charge in [0.25, 0.3) is 0 Å². The van der Waals surface area contributed by atoms with Gasteiger partial charge in [-0.2, -0.15) is 0 Å². The van der Waals surface area contributed by atoms with Crippen LogP contribution in [0.1, 0.15) is 35.7 Å². The third-order valence-electron chi connectivity index (χ3n) is 3.86. The topological polar surface area (TPSA) is 34.2 Å². The summed E-state index contributed by atoms with van der Waals surface area (Å²) in [7, 11) is 0. The van der Waals surface area contributed by atoms with E-state index in [-0.39, 0.29) is 6.04 Å². The Morgan fingerprint density at radius 2 is 2.15 bits per heavy atom. The predicted octanol–water partition coefficient (Wildman–Crippen LogP) is 3.22. The second-order valence-corrected chi connectivity index (χ2v) is 5.22. The molecule has 2 aromatic rings. The Kier molecular flexibility index (Phi) is 3.70. The number of benzene rings is 1. The molecular formula is C17H20N2O. The number of nitrogens with zero attached hydrogens (tertiary/aromatic N) is 1. The summed E-state index contributed by atoms with van der Waals surface area (Å²) in [5.41, 5.74) is 3.56. The zero-order valence-electron chi connectivity index (χ0n) is 12.0. The van der Waals surface area contributed by atoms with Crippen LogP contribution in [0.2, 0.25) is 0 Å². The molecule has 0 radical (unpaired) electrons. The number of rotatable bonds is 4. The third kappa shape index (κ3) is 2.41. The Balaban J connectivity index is 1.94. The fourth-order valence-electron chi connectivity index (χ4n) is 2.84. The van der Waals surface area contributed by atoms with Crippen molar-refractivity contribution in [3.8, 4) is 5.75 Å². The average Bonchev–Trinajstić information content (AvgIpc) is 2.90. The summed E-state index contributed by atoms with van der Waals surface area (Å²) < 4.78 is 5.82. The van der Waals surface area contributed by atoms with Crippen molar-refractivity contribution in [2.24, 2.45) is 0 Å². The number of aromatic nitrogens is 1. The van der Waals surface area contributed by atoms with E-state index in [2.05, 4.69) is 41.5 Å². The molecule has 2 unspecified atom stereocenters. The van der Waals surface area contributed by atoms with Crippen LogP contribution < -0.4 is 10.1 Å². The van der Waals surface area contributed by atoms with Gasteiger partial charge in [-0.3, -0.25) is 4.98 Å². The molecule has 2 heterocycles. The highest BCUT2D eigenvalue weighted by atomic mass is 16.5. The largest absolute Gasteiger partial charge is 0.493 e. The van der Waals surface area contributed by atoms with Gasteiger partial charge >= 0.3 is 0 Å². The van der Waals surface area contributed by atoms with E-state index in [4.69, 9.17) is 4.74 Å². The molecule has 2 atom stereocenters. The summed E-state index contributed by atoms with van der Waals surface area (Å²) in [5, 5.41) is 3.58. The molecule has 0 fully saturated rings.